The molecule has 24 heavy (non-hydrogen) atoms. The SMILES string of the molecule is N#C/C(=C/Nc1ncccn1)C(=O)Nc1ccc(S(=O)(=O)O)cc1. The second kappa shape index (κ2) is 7.32. The summed E-state index contributed by atoms with van der Waals surface area (Å²) in [6.45, 7) is 0. The van der Waals surface area contributed by atoms with E-state index in [2.05, 4.69) is 20.6 Å². The van der Waals surface area contributed by atoms with Gasteiger partial charge < -0.3 is 10.6 Å². The monoisotopic (exact) mass is 345 g/mol. The third-order valence-corrected chi connectivity index (χ3v) is 3.55. The van der Waals surface area contributed by atoms with Gasteiger partial charge in [-0.05, 0) is 30.3 Å². The average Bonchev–Trinajstić information content (AvgIpc) is 2.56. The Morgan fingerprint density at radius 2 is 1.83 bits per heavy atom. The minimum Gasteiger partial charge on any atom is -0.329 e. The van der Waals surface area contributed by atoms with E-state index >= 15 is 0 Å². The van der Waals surface area contributed by atoms with Crippen molar-refractivity contribution in [3.05, 3.63) is 54.5 Å². The number of nitrogens with zero attached hydrogens (tertiary/aromatic N) is 3. The van der Waals surface area contributed by atoms with E-state index in [1.165, 1.54) is 24.5 Å². The fourth-order valence-electron chi connectivity index (χ4n) is 1.57. The molecule has 2 aromatic rings. The number of aromatic nitrogens is 2. The highest BCUT2D eigenvalue weighted by molar-refractivity contribution is 7.85. The van der Waals surface area contributed by atoms with Crippen LogP contribution in [0.4, 0.5) is 11.6 Å². The van der Waals surface area contributed by atoms with Crippen LogP contribution in [0.3, 0.4) is 0 Å². The van der Waals surface area contributed by atoms with Crippen molar-refractivity contribution in [3.8, 4) is 6.07 Å². The number of anilines is 2. The van der Waals surface area contributed by atoms with Crippen LogP contribution in [0.5, 0.6) is 0 Å². The molecule has 10 heteroatoms. The molecule has 2 rings (SSSR count). The standard InChI is InChI=1S/C14H11N5O4S/c15-8-10(9-18-14-16-6-1-7-17-14)13(20)19-11-2-4-12(5-3-11)24(21,22)23/h1-7,9H,(H,19,20)(H,16,17,18)(H,21,22,23)/b10-9-. The van der Waals surface area contributed by atoms with E-state index in [0.717, 1.165) is 18.3 Å². The lowest BCUT2D eigenvalue weighted by Gasteiger charge is -2.05. The molecular formula is C14H11N5O4S. The normalized spacial score (nSPS) is 11.4. The number of hydrogen-bond donors (Lipinski definition) is 3. The van der Waals surface area contributed by atoms with E-state index in [1.54, 1.807) is 12.1 Å². The quantitative estimate of drug-likeness (QED) is 0.416. The van der Waals surface area contributed by atoms with Crippen molar-refractivity contribution < 1.29 is 17.8 Å². The number of hydrogen-bond acceptors (Lipinski definition) is 7. The Morgan fingerprint density at radius 3 is 2.38 bits per heavy atom. The molecule has 1 heterocycles. The molecule has 0 saturated carbocycles. The van der Waals surface area contributed by atoms with E-state index < -0.39 is 16.0 Å². The molecular weight excluding hydrogens is 334 g/mol. The fraction of sp³-hybridized carbons (Fsp3) is 0. The molecule has 1 aromatic heterocycles. The molecule has 1 amide bonds. The van der Waals surface area contributed by atoms with Gasteiger partial charge >= 0.3 is 0 Å². The van der Waals surface area contributed by atoms with Gasteiger partial charge in [0.15, 0.2) is 0 Å². The third kappa shape index (κ3) is 4.60. The van der Waals surface area contributed by atoms with Crippen LogP contribution in [0.15, 0.2) is 59.4 Å². The highest BCUT2D eigenvalue weighted by Gasteiger charge is 2.12. The molecule has 0 bridgehead atoms. The topological polar surface area (TPSA) is 145 Å². The third-order valence-electron chi connectivity index (χ3n) is 2.69. The van der Waals surface area contributed by atoms with Crippen molar-refractivity contribution in [1.82, 2.24) is 9.97 Å². The summed E-state index contributed by atoms with van der Waals surface area (Å²) in [5, 5.41) is 14.1. The van der Waals surface area contributed by atoms with Gasteiger partial charge in [-0.3, -0.25) is 9.35 Å². The molecule has 0 radical (unpaired) electrons. The zero-order valence-electron chi connectivity index (χ0n) is 12.0. The van der Waals surface area contributed by atoms with Crippen LogP contribution in [-0.4, -0.2) is 28.8 Å². The maximum Gasteiger partial charge on any atom is 0.294 e. The van der Waals surface area contributed by atoms with Crippen molar-refractivity contribution in [2.75, 3.05) is 10.6 Å². The molecule has 0 aliphatic rings. The van der Waals surface area contributed by atoms with Crippen LogP contribution < -0.4 is 10.6 Å². The predicted octanol–water partition coefficient (Wildman–Crippen LogP) is 1.18. The molecule has 3 N–H and O–H groups in total. The minimum atomic E-state index is -4.31. The van der Waals surface area contributed by atoms with Gasteiger partial charge in [0.2, 0.25) is 5.95 Å². The number of nitrogens with one attached hydrogen (secondary N) is 2. The highest BCUT2D eigenvalue weighted by atomic mass is 32.2. The van der Waals surface area contributed by atoms with Gasteiger partial charge in [0.05, 0.1) is 4.90 Å². The van der Waals surface area contributed by atoms with Gasteiger partial charge in [-0.2, -0.15) is 13.7 Å². The van der Waals surface area contributed by atoms with E-state index in [9.17, 15) is 13.2 Å². The molecule has 0 unspecified atom stereocenters. The molecule has 0 fully saturated rings. The second-order valence-corrected chi connectivity index (χ2v) is 5.76. The number of carbonyl (C=O) groups excluding carboxylic acids is 1. The first-order valence-electron chi connectivity index (χ1n) is 6.43. The fourth-order valence-corrected chi connectivity index (χ4v) is 2.05. The first-order valence-corrected chi connectivity index (χ1v) is 7.87. The maximum absolute atomic E-state index is 12.0. The summed E-state index contributed by atoms with van der Waals surface area (Å²) in [6, 6.07) is 8.14. The van der Waals surface area contributed by atoms with Crippen LogP contribution in [0.25, 0.3) is 0 Å². The number of carbonyl (C=O) groups is 1. The van der Waals surface area contributed by atoms with Crippen molar-refractivity contribution in [1.29, 1.82) is 5.26 Å². The highest BCUT2D eigenvalue weighted by Crippen LogP contribution is 2.14. The zero-order chi connectivity index (χ0) is 17.6. The van der Waals surface area contributed by atoms with Crippen LogP contribution >= 0.6 is 0 Å². The van der Waals surface area contributed by atoms with Gasteiger partial charge in [-0.1, -0.05) is 0 Å². The summed E-state index contributed by atoms with van der Waals surface area (Å²) in [5.74, 6) is -0.490. The van der Waals surface area contributed by atoms with E-state index in [1.807, 2.05) is 0 Å². The van der Waals surface area contributed by atoms with E-state index in [0.29, 0.717) is 0 Å². The van der Waals surface area contributed by atoms with Crippen LogP contribution in [0.2, 0.25) is 0 Å². The Bertz CT molecular complexity index is 902. The summed E-state index contributed by atoms with van der Waals surface area (Å²) < 4.78 is 30.8. The largest absolute Gasteiger partial charge is 0.329 e. The Labute approximate surface area is 137 Å². The number of nitriles is 1. The summed E-state index contributed by atoms with van der Waals surface area (Å²) >= 11 is 0. The summed E-state index contributed by atoms with van der Waals surface area (Å²) in [7, 11) is -4.31. The van der Waals surface area contributed by atoms with Crippen LogP contribution in [-0.2, 0) is 14.9 Å². The lowest BCUT2D eigenvalue weighted by molar-refractivity contribution is -0.112. The summed E-state index contributed by atoms with van der Waals surface area (Å²) in [6.07, 6.45) is 4.13. The molecule has 0 aliphatic carbocycles. The summed E-state index contributed by atoms with van der Waals surface area (Å²) in [4.78, 5) is 19.4. The lowest BCUT2D eigenvalue weighted by atomic mass is 10.2. The van der Waals surface area contributed by atoms with Gasteiger partial charge in [0.25, 0.3) is 16.0 Å². The Hall–Kier alpha value is -3.29. The summed E-state index contributed by atoms with van der Waals surface area (Å²) in [5.41, 5.74) is 0.0193. The molecule has 0 spiro atoms. The van der Waals surface area contributed by atoms with Gasteiger partial charge in [0.1, 0.15) is 11.6 Å². The maximum atomic E-state index is 12.0. The molecule has 0 atom stereocenters. The van der Waals surface area contributed by atoms with Crippen molar-refractivity contribution >= 4 is 27.7 Å². The number of rotatable bonds is 5. The zero-order valence-corrected chi connectivity index (χ0v) is 12.9. The van der Waals surface area contributed by atoms with E-state index in [-0.39, 0.29) is 22.1 Å². The molecule has 0 aliphatic heterocycles. The first kappa shape index (κ1) is 17.1. The molecule has 122 valence electrons. The lowest BCUT2D eigenvalue weighted by Crippen LogP contribution is -2.14. The van der Waals surface area contributed by atoms with Crippen LogP contribution in [0.1, 0.15) is 0 Å². The van der Waals surface area contributed by atoms with E-state index in [4.69, 9.17) is 9.81 Å². The number of benzene rings is 1. The van der Waals surface area contributed by atoms with Crippen LogP contribution in [0, 0.1) is 11.3 Å². The molecule has 9 nitrogen and oxygen atoms in total. The van der Waals surface area contributed by atoms with Crippen molar-refractivity contribution in [3.63, 3.8) is 0 Å². The smallest absolute Gasteiger partial charge is 0.294 e. The molecule has 0 saturated heterocycles. The molecule has 1 aromatic carbocycles. The van der Waals surface area contributed by atoms with Crippen molar-refractivity contribution in [2.45, 2.75) is 4.90 Å². The minimum absolute atomic E-state index is 0.218. The Morgan fingerprint density at radius 1 is 1.21 bits per heavy atom. The van der Waals surface area contributed by atoms with Crippen molar-refractivity contribution in [2.24, 2.45) is 0 Å². The van der Waals surface area contributed by atoms with Gasteiger partial charge in [-0.25, -0.2) is 9.97 Å². The van der Waals surface area contributed by atoms with Gasteiger partial charge in [0, 0.05) is 24.3 Å². The first-order chi connectivity index (χ1) is 11.4. The Balaban J connectivity index is 2.08. The number of amides is 1. The Kier molecular flexibility index (Phi) is 5.20. The predicted molar refractivity (Wildman–Crippen MR) is 84.2 cm³/mol. The van der Waals surface area contributed by atoms with Gasteiger partial charge in [-0.15, -0.1) is 0 Å². The second-order valence-electron chi connectivity index (χ2n) is 4.34. The average molecular weight is 345 g/mol.